The number of aryl methyl sites for hydroxylation is 1. The first-order valence-corrected chi connectivity index (χ1v) is 11.1. The Kier molecular flexibility index (Phi) is 6.02. The zero-order valence-corrected chi connectivity index (χ0v) is 17.4. The van der Waals surface area contributed by atoms with E-state index in [2.05, 4.69) is 25.1 Å². The molecule has 1 aromatic rings. The van der Waals surface area contributed by atoms with Gasteiger partial charge in [0.25, 0.3) is 0 Å². The number of carboxylic acid groups (broad SMARTS) is 1. The summed E-state index contributed by atoms with van der Waals surface area (Å²) >= 11 is 0. The van der Waals surface area contributed by atoms with Crippen LogP contribution in [-0.2, 0) is 16.0 Å². The number of fused-ring (bicyclic) bond motifs is 1. The summed E-state index contributed by atoms with van der Waals surface area (Å²) in [6.07, 6.45) is 7.03. The third-order valence-corrected chi connectivity index (χ3v) is 7.06. The van der Waals surface area contributed by atoms with Crippen LogP contribution in [0.2, 0.25) is 0 Å². The number of rotatable bonds is 5. The molecular weight excluding hydrogens is 364 g/mol. The average molecular weight is 397 g/mol. The maximum atomic E-state index is 13.0. The van der Waals surface area contributed by atoms with Gasteiger partial charge in [0, 0.05) is 37.7 Å². The second-order valence-corrected chi connectivity index (χ2v) is 9.12. The Balaban J connectivity index is 1.53. The van der Waals surface area contributed by atoms with Crippen LogP contribution >= 0.6 is 0 Å². The number of benzene rings is 1. The van der Waals surface area contributed by atoms with Gasteiger partial charge in [0.2, 0.25) is 5.91 Å². The largest absolute Gasteiger partial charge is 0.481 e. The summed E-state index contributed by atoms with van der Waals surface area (Å²) in [5.41, 5.74) is 4.89. The molecule has 1 aliphatic carbocycles. The first-order valence-electron chi connectivity index (χ1n) is 11.1. The lowest BCUT2D eigenvalue weighted by atomic mass is 9.78. The van der Waals surface area contributed by atoms with Gasteiger partial charge in [0.15, 0.2) is 0 Å². The smallest absolute Gasteiger partial charge is 0.303 e. The molecule has 3 aliphatic rings. The lowest BCUT2D eigenvalue weighted by molar-refractivity contribution is -0.141. The fourth-order valence-electron chi connectivity index (χ4n) is 5.43. The van der Waals surface area contributed by atoms with Gasteiger partial charge >= 0.3 is 5.97 Å². The minimum atomic E-state index is -0.739. The molecule has 2 fully saturated rings. The number of carbonyl (C=O) groups excluding carboxylic acids is 1. The molecule has 2 heterocycles. The number of aliphatic carboxylic acids is 1. The highest BCUT2D eigenvalue weighted by Crippen LogP contribution is 2.34. The highest BCUT2D eigenvalue weighted by atomic mass is 16.4. The van der Waals surface area contributed by atoms with Gasteiger partial charge in [-0.3, -0.25) is 14.6 Å². The molecule has 5 nitrogen and oxygen atoms in total. The van der Waals surface area contributed by atoms with Gasteiger partial charge in [-0.05, 0) is 68.1 Å². The highest BCUT2D eigenvalue weighted by Gasteiger charge is 2.36. The number of aliphatic imine (C=N–C) groups is 1. The molecule has 2 atom stereocenters. The van der Waals surface area contributed by atoms with E-state index in [1.54, 1.807) is 0 Å². The van der Waals surface area contributed by atoms with E-state index >= 15 is 0 Å². The number of carbonyl (C=O) groups is 2. The topological polar surface area (TPSA) is 70.0 Å². The Labute approximate surface area is 173 Å². The van der Waals surface area contributed by atoms with Crippen LogP contribution in [0, 0.1) is 24.7 Å². The van der Waals surface area contributed by atoms with Crippen LogP contribution < -0.4 is 0 Å². The lowest BCUT2D eigenvalue weighted by Gasteiger charge is -2.39. The van der Waals surface area contributed by atoms with Crippen molar-refractivity contribution < 1.29 is 14.7 Å². The van der Waals surface area contributed by atoms with E-state index in [1.165, 1.54) is 16.7 Å². The molecule has 0 unspecified atom stereocenters. The summed E-state index contributed by atoms with van der Waals surface area (Å²) in [6, 6.07) is 6.56. The van der Waals surface area contributed by atoms with E-state index in [9.17, 15) is 14.7 Å². The van der Waals surface area contributed by atoms with E-state index in [-0.39, 0.29) is 24.2 Å². The molecular formula is C24H32N2O3. The molecule has 0 aromatic heterocycles. The van der Waals surface area contributed by atoms with Crippen molar-refractivity contribution in [2.45, 2.75) is 58.3 Å². The van der Waals surface area contributed by atoms with Gasteiger partial charge in [-0.15, -0.1) is 0 Å². The number of carboxylic acids is 1. The van der Waals surface area contributed by atoms with E-state index in [4.69, 9.17) is 4.99 Å². The third-order valence-electron chi connectivity index (χ3n) is 7.06. The lowest BCUT2D eigenvalue weighted by Crippen LogP contribution is -2.46. The van der Waals surface area contributed by atoms with Crippen molar-refractivity contribution in [2.75, 3.05) is 19.6 Å². The van der Waals surface area contributed by atoms with Crippen LogP contribution in [0.4, 0.5) is 0 Å². The molecule has 4 rings (SSSR count). The first-order chi connectivity index (χ1) is 14.0. The minimum Gasteiger partial charge on any atom is -0.481 e. The number of nitrogens with zero attached hydrogens (tertiary/aromatic N) is 2. The fraction of sp³-hybridized carbons (Fsp3) is 0.625. The van der Waals surface area contributed by atoms with Crippen LogP contribution in [0.3, 0.4) is 0 Å². The van der Waals surface area contributed by atoms with Crippen molar-refractivity contribution in [2.24, 2.45) is 22.7 Å². The van der Waals surface area contributed by atoms with Gasteiger partial charge in [-0.1, -0.05) is 30.5 Å². The Morgan fingerprint density at radius 2 is 1.97 bits per heavy atom. The van der Waals surface area contributed by atoms with Crippen LogP contribution in [0.5, 0.6) is 0 Å². The van der Waals surface area contributed by atoms with Gasteiger partial charge in [-0.2, -0.15) is 0 Å². The van der Waals surface area contributed by atoms with Crippen LogP contribution in [0.1, 0.15) is 61.6 Å². The van der Waals surface area contributed by atoms with Crippen molar-refractivity contribution in [1.82, 2.24) is 4.90 Å². The van der Waals surface area contributed by atoms with Crippen molar-refractivity contribution >= 4 is 17.6 Å². The molecule has 1 saturated heterocycles. The van der Waals surface area contributed by atoms with E-state index in [0.717, 1.165) is 57.2 Å². The van der Waals surface area contributed by atoms with Gasteiger partial charge in [0.1, 0.15) is 0 Å². The second-order valence-electron chi connectivity index (χ2n) is 9.12. The van der Waals surface area contributed by atoms with Gasteiger partial charge in [0.05, 0.1) is 0 Å². The number of hydrogen-bond acceptors (Lipinski definition) is 3. The zero-order chi connectivity index (χ0) is 20.4. The maximum Gasteiger partial charge on any atom is 0.303 e. The molecule has 29 heavy (non-hydrogen) atoms. The molecule has 2 aliphatic heterocycles. The average Bonchev–Trinajstić information content (AvgIpc) is 3.23. The quantitative estimate of drug-likeness (QED) is 0.822. The normalized spacial score (nSPS) is 24.9. The summed E-state index contributed by atoms with van der Waals surface area (Å²) in [5.74, 6) is 0.0102. The molecule has 1 amide bonds. The first kappa shape index (κ1) is 20.1. The molecule has 1 saturated carbocycles. The maximum absolute atomic E-state index is 13.0. The molecule has 1 aromatic carbocycles. The van der Waals surface area contributed by atoms with Crippen LogP contribution in [0.15, 0.2) is 23.2 Å². The molecule has 0 bridgehead atoms. The van der Waals surface area contributed by atoms with Gasteiger partial charge < -0.3 is 10.0 Å². The summed E-state index contributed by atoms with van der Waals surface area (Å²) in [4.78, 5) is 31.3. The fourth-order valence-corrected chi connectivity index (χ4v) is 5.43. The second kappa shape index (κ2) is 8.68. The predicted octanol–water partition coefficient (Wildman–Crippen LogP) is 3.86. The summed E-state index contributed by atoms with van der Waals surface area (Å²) in [7, 11) is 0. The number of piperidine rings is 1. The molecule has 156 valence electrons. The van der Waals surface area contributed by atoms with Crippen LogP contribution in [-0.4, -0.2) is 47.2 Å². The van der Waals surface area contributed by atoms with Crippen LogP contribution in [0.25, 0.3) is 0 Å². The van der Waals surface area contributed by atoms with E-state index < -0.39 is 5.97 Å². The van der Waals surface area contributed by atoms with E-state index in [0.29, 0.717) is 19.0 Å². The number of likely N-dealkylation sites (tertiary alicyclic amines) is 1. The Morgan fingerprint density at radius 1 is 1.17 bits per heavy atom. The molecule has 0 spiro atoms. The standard InChI is InChI=1S/C24H32N2O3/c1-16-6-7-17-8-10-25-22(21(17)12-16)13-20-15-26(11-9-19(20)14-23(27)28)24(29)18-4-2-3-5-18/h6-7,12,18-20H,2-5,8-11,13-15H2,1H3,(H,27,28)/t19-,20-/m0/s1. The van der Waals surface area contributed by atoms with E-state index in [1.807, 2.05) is 4.90 Å². The summed E-state index contributed by atoms with van der Waals surface area (Å²) in [5, 5.41) is 9.42. The Morgan fingerprint density at radius 3 is 2.72 bits per heavy atom. The predicted molar refractivity (Wildman–Crippen MR) is 113 cm³/mol. The monoisotopic (exact) mass is 396 g/mol. The summed E-state index contributed by atoms with van der Waals surface area (Å²) < 4.78 is 0. The van der Waals surface area contributed by atoms with Crippen molar-refractivity contribution in [3.8, 4) is 0 Å². The molecule has 0 radical (unpaired) electrons. The van der Waals surface area contributed by atoms with Crippen molar-refractivity contribution in [3.63, 3.8) is 0 Å². The summed E-state index contributed by atoms with van der Waals surface area (Å²) in [6.45, 7) is 4.27. The number of amides is 1. The third kappa shape index (κ3) is 4.54. The highest BCUT2D eigenvalue weighted by molar-refractivity contribution is 6.03. The van der Waals surface area contributed by atoms with Gasteiger partial charge in [-0.25, -0.2) is 0 Å². The van der Waals surface area contributed by atoms with Crippen molar-refractivity contribution in [3.05, 3.63) is 34.9 Å². The molecule has 5 heteroatoms. The minimum absolute atomic E-state index is 0.109. The Hall–Kier alpha value is -2.17. The number of hydrogen-bond donors (Lipinski definition) is 1. The molecule has 1 N–H and O–H groups in total. The zero-order valence-electron chi connectivity index (χ0n) is 17.4. The Bertz CT molecular complexity index is 810. The SMILES string of the molecule is Cc1ccc2c(c1)C(C[C@H]1CN(C(=O)C3CCCC3)CC[C@H]1CC(=O)O)=NCC2. The van der Waals surface area contributed by atoms with Crippen molar-refractivity contribution in [1.29, 1.82) is 0 Å².